The van der Waals surface area contributed by atoms with Gasteiger partial charge in [-0.3, -0.25) is 0 Å². The summed E-state index contributed by atoms with van der Waals surface area (Å²) in [5.74, 6) is 0.875. The van der Waals surface area contributed by atoms with E-state index in [0.29, 0.717) is 6.04 Å². The fourth-order valence-electron chi connectivity index (χ4n) is 2.89. The van der Waals surface area contributed by atoms with Crippen LogP contribution < -0.4 is 10.2 Å². The number of pyridine rings is 1. The van der Waals surface area contributed by atoms with Gasteiger partial charge in [0.25, 0.3) is 0 Å². The molecule has 1 fully saturated rings. The Balaban J connectivity index is 2.41. The number of anilines is 1. The second kappa shape index (κ2) is 6.03. The van der Waals surface area contributed by atoms with Crippen LogP contribution in [0.5, 0.6) is 0 Å². The van der Waals surface area contributed by atoms with Gasteiger partial charge < -0.3 is 10.2 Å². The Hall–Kier alpha value is -1.60. The molecule has 2 rings (SSSR count). The number of aromatic nitrogens is 1. The van der Waals surface area contributed by atoms with Gasteiger partial charge in [-0.25, -0.2) is 4.98 Å². The Morgan fingerprint density at radius 2 is 2.26 bits per heavy atom. The highest BCUT2D eigenvalue weighted by Gasteiger charge is 2.25. The van der Waals surface area contributed by atoms with Crippen molar-refractivity contribution >= 4 is 5.82 Å². The molecule has 4 heteroatoms. The first-order valence-corrected chi connectivity index (χ1v) is 6.97. The van der Waals surface area contributed by atoms with Gasteiger partial charge in [-0.1, -0.05) is 0 Å². The zero-order valence-corrected chi connectivity index (χ0v) is 12.0. The first kappa shape index (κ1) is 13.8. The standard InChI is InChI=1S/C15H22N4/c1-11-8-12(2)18-15(14(11)9-16)19-7-5-4-6-13(19)10-17-3/h8,13,17H,4-7,10H2,1-3H3. The summed E-state index contributed by atoms with van der Waals surface area (Å²) >= 11 is 0. The van der Waals surface area contributed by atoms with E-state index in [1.165, 1.54) is 19.3 Å². The van der Waals surface area contributed by atoms with E-state index in [9.17, 15) is 5.26 Å². The first-order valence-electron chi connectivity index (χ1n) is 6.97. The van der Waals surface area contributed by atoms with Gasteiger partial charge in [0.1, 0.15) is 11.9 Å². The molecule has 0 aromatic carbocycles. The lowest BCUT2D eigenvalue weighted by molar-refractivity contribution is 0.443. The maximum Gasteiger partial charge on any atom is 0.147 e. The maximum atomic E-state index is 9.40. The molecular weight excluding hydrogens is 236 g/mol. The van der Waals surface area contributed by atoms with Crippen LogP contribution in [0.2, 0.25) is 0 Å². The van der Waals surface area contributed by atoms with E-state index in [4.69, 9.17) is 0 Å². The lowest BCUT2D eigenvalue weighted by atomic mass is 10.0. The van der Waals surface area contributed by atoms with Crippen molar-refractivity contribution in [3.05, 3.63) is 22.9 Å². The summed E-state index contributed by atoms with van der Waals surface area (Å²) in [6.07, 6.45) is 3.61. The van der Waals surface area contributed by atoms with Crippen LogP contribution in [0.15, 0.2) is 6.07 Å². The number of hydrogen-bond acceptors (Lipinski definition) is 4. The molecule has 0 radical (unpaired) electrons. The summed E-state index contributed by atoms with van der Waals surface area (Å²) in [4.78, 5) is 6.95. The zero-order chi connectivity index (χ0) is 13.8. The predicted molar refractivity (Wildman–Crippen MR) is 77.3 cm³/mol. The molecule has 102 valence electrons. The summed E-state index contributed by atoms with van der Waals surface area (Å²) in [5.41, 5.74) is 2.74. The molecule has 0 amide bonds. The highest BCUT2D eigenvalue weighted by Crippen LogP contribution is 2.28. The van der Waals surface area contributed by atoms with E-state index in [1.807, 2.05) is 27.0 Å². The normalized spacial score (nSPS) is 19.3. The van der Waals surface area contributed by atoms with Crippen molar-refractivity contribution in [1.82, 2.24) is 10.3 Å². The van der Waals surface area contributed by atoms with Crippen LogP contribution in [0.25, 0.3) is 0 Å². The summed E-state index contributed by atoms with van der Waals surface area (Å²) in [5, 5.41) is 12.7. The Labute approximate surface area is 115 Å². The molecule has 0 aliphatic carbocycles. The SMILES string of the molecule is CNCC1CCCCN1c1nc(C)cc(C)c1C#N. The zero-order valence-electron chi connectivity index (χ0n) is 12.0. The summed E-state index contributed by atoms with van der Waals surface area (Å²) < 4.78 is 0. The van der Waals surface area contributed by atoms with E-state index in [-0.39, 0.29) is 0 Å². The minimum atomic E-state index is 0.444. The third kappa shape index (κ3) is 2.87. The van der Waals surface area contributed by atoms with Crippen molar-refractivity contribution < 1.29 is 0 Å². The van der Waals surface area contributed by atoms with E-state index in [2.05, 4.69) is 21.3 Å². The third-order valence-corrected chi connectivity index (χ3v) is 3.78. The molecule has 1 N–H and O–H groups in total. The van der Waals surface area contributed by atoms with Gasteiger partial charge in [0, 0.05) is 24.8 Å². The van der Waals surface area contributed by atoms with Gasteiger partial charge >= 0.3 is 0 Å². The molecule has 1 aromatic rings. The van der Waals surface area contributed by atoms with E-state index in [0.717, 1.165) is 35.7 Å². The molecular formula is C15H22N4. The average Bonchev–Trinajstić information content (AvgIpc) is 2.39. The van der Waals surface area contributed by atoms with Crippen LogP contribution in [0.3, 0.4) is 0 Å². The van der Waals surface area contributed by atoms with Crippen molar-refractivity contribution in [2.24, 2.45) is 0 Å². The van der Waals surface area contributed by atoms with E-state index in [1.54, 1.807) is 0 Å². The van der Waals surface area contributed by atoms with Gasteiger partial charge in [0.2, 0.25) is 0 Å². The minimum absolute atomic E-state index is 0.444. The van der Waals surface area contributed by atoms with Gasteiger partial charge in [0.05, 0.1) is 5.56 Å². The number of piperidine rings is 1. The van der Waals surface area contributed by atoms with Crippen LogP contribution in [0.1, 0.15) is 36.1 Å². The van der Waals surface area contributed by atoms with Gasteiger partial charge in [-0.15, -0.1) is 0 Å². The van der Waals surface area contributed by atoms with Crippen LogP contribution in [-0.4, -0.2) is 31.2 Å². The van der Waals surface area contributed by atoms with Crippen LogP contribution in [0.4, 0.5) is 5.82 Å². The lowest BCUT2D eigenvalue weighted by Gasteiger charge is -2.37. The largest absolute Gasteiger partial charge is 0.351 e. The summed E-state index contributed by atoms with van der Waals surface area (Å²) in [6.45, 7) is 5.93. The molecule has 1 atom stereocenters. The van der Waals surface area contributed by atoms with E-state index < -0.39 is 0 Å². The van der Waals surface area contributed by atoms with Crippen molar-refractivity contribution in [3.63, 3.8) is 0 Å². The fraction of sp³-hybridized carbons (Fsp3) is 0.600. The smallest absolute Gasteiger partial charge is 0.147 e. The van der Waals surface area contributed by atoms with Crippen LogP contribution in [-0.2, 0) is 0 Å². The molecule has 1 aliphatic heterocycles. The molecule has 1 saturated heterocycles. The number of nitrogens with zero attached hydrogens (tertiary/aromatic N) is 3. The van der Waals surface area contributed by atoms with Gasteiger partial charge in [-0.05, 0) is 51.8 Å². The lowest BCUT2D eigenvalue weighted by Crippen LogP contribution is -2.45. The molecule has 1 aliphatic rings. The molecule has 0 bridgehead atoms. The monoisotopic (exact) mass is 258 g/mol. The molecule has 0 saturated carbocycles. The molecule has 1 unspecified atom stereocenters. The highest BCUT2D eigenvalue weighted by molar-refractivity contribution is 5.59. The molecule has 19 heavy (non-hydrogen) atoms. The average molecular weight is 258 g/mol. The molecule has 1 aromatic heterocycles. The second-order valence-corrected chi connectivity index (χ2v) is 5.29. The van der Waals surface area contributed by atoms with Crippen molar-refractivity contribution in [1.29, 1.82) is 5.26 Å². The summed E-state index contributed by atoms with van der Waals surface area (Å²) in [7, 11) is 1.98. The Kier molecular flexibility index (Phi) is 4.39. The number of nitrogens with one attached hydrogen (secondary N) is 1. The van der Waals surface area contributed by atoms with Crippen molar-refractivity contribution in [2.75, 3.05) is 25.0 Å². The number of nitriles is 1. The minimum Gasteiger partial charge on any atom is -0.351 e. The van der Waals surface area contributed by atoms with Crippen molar-refractivity contribution in [3.8, 4) is 6.07 Å². The van der Waals surface area contributed by atoms with Gasteiger partial charge in [-0.2, -0.15) is 5.26 Å². The van der Waals surface area contributed by atoms with Crippen LogP contribution >= 0.6 is 0 Å². The second-order valence-electron chi connectivity index (χ2n) is 5.29. The third-order valence-electron chi connectivity index (χ3n) is 3.78. The maximum absolute atomic E-state index is 9.40. The quantitative estimate of drug-likeness (QED) is 0.902. The molecule has 4 nitrogen and oxygen atoms in total. The predicted octanol–water partition coefficient (Wildman–Crippen LogP) is 2.15. The molecule has 2 heterocycles. The number of rotatable bonds is 3. The number of hydrogen-bond donors (Lipinski definition) is 1. The fourth-order valence-corrected chi connectivity index (χ4v) is 2.89. The Morgan fingerprint density at radius 1 is 1.47 bits per heavy atom. The van der Waals surface area contributed by atoms with Crippen LogP contribution in [0, 0.1) is 25.2 Å². The van der Waals surface area contributed by atoms with E-state index >= 15 is 0 Å². The topological polar surface area (TPSA) is 52.0 Å². The number of aryl methyl sites for hydroxylation is 2. The highest BCUT2D eigenvalue weighted by atomic mass is 15.2. The van der Waals surface area contributed by atoms with Gasteiger partial charge in [0.15, 0.2) is 0 Å². The summed E-state index contributed by atoms with van der Waals surface area (Å²) in [6, 6.07) is 4.76. The Morgan fingerprint density at radius 3 is 2.95 bits per heavy atom. The first-order chi connectivity index (χ1) is 9.17. The Bertz CT molecular complexity index is 488. The number of likely N-dealkylation sites (N-methyl/N-ethyl adjacent to an activating group) is 1. The molecule has 0 spiro atoms. The van der Waals surface area contributed by atoms with Crippen molar-refractivity contribution in [2.45, 2.75) is 39.2 Å².